The van der Waals surface area contributed by atoms with Crippen LogP contribution in [0.1, 0.15) is 11.7 Å². The molecular formula is C28H27N3O4. The largest absolute Gasteiger partial charge is 0.496 e. The van der Waals surface area contributed by atoms with Crippen molar-refractivity contribution in [3.05, 3.63) is 103 Å². The first-order valence-corrected chi connectivity index (χ1v) is 11.5. The number of methoxy groups -OCH3 is 1. The van der Waals surface area contributed by atoms with E-state index in [0.717, 1.165) is 5.69 Å². The van der Waals surface area contributed by atoms with E-state index in [1.807, 2.05) is 77.7 Å². The number of ether oxygens (including phenoxy) is 1. The number of fused-ring (bicyclic) bond motifs is 1. The summed E-state index contributed by atoms with van der Waals surface area (Å²) in [5.74, 6) is -0.720. The smallest absolute Gasteiger partial charge is 0.254 e. The van der Waals surface area contributed by atoms with E-state index < -0.39 is 24.1 Å². The summed E-state index contributed by atoms with van der Waals surface area (Å²) >= 11 is 0. The molecule has 0 aliphatic carbocycles. The van der Waals surface area contributed by atoms with E-state index in [1.165, 1.54) is 4.90 Å². The minimum Gasteiger partial charge on any atom is -0.496 e. The maximum absolute atomic E-state index is 13.8. The summed E-state index contributed by atoms with van der Waals surface area (Å²) in [5, 5.41) is 15.2. The summed E-state index contributed by atoms with van der Waals surface area (Å²) in [7, 11) is 3.40. The molecule has 0 unspecified atom stereocenters. The van der Waals surface area contributed by atoms with Gasteiger partial charge in [-0.2, -0.15) is 5.01 Å². The zero-order valence-corrected chi connectivity index (χ0v) is 19.6. The van der Waals surface area contributed by atoms with E-state index in [1.54, 1.807) is 43.5 Å². The number of benzene rings is 3. The lowest BCUT2D eigenvalue weighted by Crippen LogP contribution is -2.59. The maximum Gasteiger partial charge on any atom is 0.254 e. The van der Waals surface area contributed by atoms with Gasteiger partial charge in [0.1, 0.15) is 17.9 Å². The van der Waals surface area contributed by atoms with Gasteiger partial charge in [0, 0.05) is 12.6 Å². The monoisotopic (exact) mass is 469 g/mol. The van der Waals surface area contributed by atoms with Crippen LogP contribution in [0.2, 0.25) is 0 Å². The Bertz CT molecular complexity index is 1250. The van der Waals surface area contributed by atoms with Crippen LogP contribution in [0.25, 0.3) is 0 Å². The molecule has 3 aromatic carbocycles. The van der Waals surface area contributed by atoms with Gasteiger partial charge in [-0.15, -0.1) is 0 Å². The fourth-order valence-corrected chi connectivity index (χ4v) is 4.99. The van der Waals surface area contributed by atoms with Crippen molar-refractivity contribution in [1.29, 1.82) is 0 Å². The number of imide groups is 1. The average Bonchev–Trinajstić information content (AvgIpc) is 3.17. The average molecular weight is 470 g/mol. The van der Waals surface area contributed by atoms with Gasteiger partial charge in [0.2, 0.25) is 5.91 Å². The normalized spacial score (nSPS) is 22.7. The summed E-state index contributed by atoms with van der Waals surface area (Å²) in [6, 6.07) is 24.4. The number of hydrogen-bond acceptors (Lipinski definition) is 6. The molecule has 2 heterocycles. The predicted octanol–water partition coefficient (Wildman–Crippen LogP) is 3.58. The minimum atomic E-state index is -1.01. The first-order valence-electron chi connectivity index (χ1n) is 11.5. The number of nitrogens with zero attached hydrogens (tertiary/aromatic N) is 3. The summed E-state index contributed by atoms with van der Waals surface area (Å²) < 4.78 is 5.49. The molecule has 1 fully saturated rings. The van der Waals surface area contributed by atoms with Crippen LogP contribution >= 0.6 is 0 Å². The van der Waals surface area contributed by atoms with Crippen LogP contribution in [0, 0.1) is 5.92 Å². The minimum absolute atomic E-state index is 0.279. The lowest BCUT2D eigenvalue weighted by Gasteiger charge is -2.46. The molecule has 1 saturated heterocycles. The van der Waals surface area contributed by atoms with Gasteiger partial charge in [0.25, 0.3) is 5.91 Å². The third-order valence-corrected chi connectivity index (χ3v) is 6.70. The topological polar surface area (TPSA) is 73.3 Å². The fourth-order valence-electron chi connectivity index (χ4n) is 4.99. The van der Waals surface area contributed by atoms with Crippen molar-refractivity contribution in [2.24, 2.45) is 5.92 Å². The van der Waals surface area contributed by atoms with Crippen molar-refractivity contribution in [3.63, 3.8) is 0 Å². The number of carbonyl (C=O) groups is 2. The molecule has 0 saturated carbocycles. The van der Waals surface area contributed by atoms with Gasteiger partial charge in [-0.25, -0.2) is 4.90 Å². The third-order valence-electron chi connectivity index (χ3n) is 6.70. The van der Waals surface area contributed by atoms with Crippen molar-refractivity contribution in [2.75, 3.05) is 24.1 Å². The molecule has 4 atom stereocenters. The molecule has 7 nitrogen and oxygen atoms in total. The molecule has 1 N–H and O–H groups in total. The number of anilines is 2. The number of hydrazine groups is 1. The van der Waals surface area contributed by atoms with E-state index in [-0.39, 0.29) is 11.8 Å². The summed E-state index contributed by atoms with van der Waals surface area (Å²) in [4.78, 5) is 28.5. The van der Waals surface area contributed by atoms with Crippen molar-refractivity contribution in [2.45, 2.75) is 18.2 Å². The number of para-hydroxylation sites is 3. The van der Waals surface area contributed by atoms with Crippen LogP contribution in [0.15, 0.2) is 97.1 Å². The third kappa shape index (κ3) is 3.88. The first-order chi connectivity index (χ1) is 17.0. The number of rotatable bonds is 6. The summed E-state index contributed by atoms with van der Waals surface area (Å²) in [5.41, 5.74) is 1.97. The zero-order valence-electron chi connectivity index (χ0n) is 19.6. The second-order valence-electron chi connectivity index (χ2n) is 8.62. The van der Waals surface area contributed by atoms with E-state index >= 15 is 0 Å². The molecule has 2 aliphatic rings. The standard InChI is InChI=1S/C28H27N3O4/c1-29(19-11-5-3-6-12-19)31-23(26(32)21-15-9-10-16-24(21)35-2)18-17-22-25(31)28(34)30(27(22)33)20-13-7-4-8-14-20/h3-18,22-23,25-26,32H,1-2H3/t22-,23-,25+,26-/m1/s1. The lowest BCUT2D eigenvalue weighted by atomic mass is 9.90. The molecule has 5 rings (SSSR count). The zero-order chi connectivity index (χ0) is 24.5. The molecule has 2 aliphatic heterocycles. The molecule has 0 spiro atoms. The Balaban J connectivity index is 1.60. The second kappa shape index (κ2) is 9.37. The van der Waals surface area contributed by atoms with Crippen molar-refractivity contribution >= 4 is 23.2 Å². The van der Waals surface area contributed by atoms with Crippen LogP contribution in [-0.4, -0.2) is 48.2 Å². The number of aliphatic hydroxyl groups is 1. The SMILES string of the molecule is COc1ccccc1[C@@H](O)[C@H]1C=C[C@H]2C(=O)N(c3ccccc3)C(=O)[C@H]2N1N(C)c1ccccc1. The van der Waals surface area contributed by atoms with Gasteiger partial charge in [-0.3, -0.25) is 9.59 Å². The van der Waals surface area contributed by atoms with Crippen LogP contribution in [0.4, 0.5) is 11.4 Å². The Morgan fingerprint density at radius 1 is 0.857 bits per heavy atom. The van der Waals surface area contributed by atoms with Gasteiger partial charge in [0.15, 0.2) is 0 Å². The molecule has 35 heavy (non-hydrogen) atoms. The van der Waals surface area contributed by atoms with Crippen LogP contribution in [0.5, 0.6) is 5.75 Å². The van der Waals surface area contributed by atoms with Crippen molar-refractivity contribution in [1.82, 2.24) is 5.01 Å². The highest BCUT2D eigenvalue weighted by Gasteiger charge is 2.55. The van der Waals surface area contributed by atoms with E-state index in [0.29, 0.717) is 17.0 Å². The van der Waals surface area contributed by atoms with E-state index in [2.05, 4.69) is 0 Å². The predicted molar refractivity (Wildman–Crippen MR) is 134 cm³/mol. The highest BCUT2D eigenvalue weighted by Crippen LogP contribution is 2.40. The van der Waals surface area contributed by atoms with Crippen LogP contribution < -0.4 is 14.6 Å². The van der Waals surface area contributed by atoms with Crippen LogP contribution in [-0.2, 0) is 9.59 Å². The Morgan fingerprint density at radius 2 is 1.49 bits per heavy atom. The highest BCUT2D eigenvalue weighted by molar-refractivity contribution is 6.24. The lowest BCUT2D eigenvalue weighted by molar-refractivity contribution is -0.124. The van der Waals surface area contributed by atoms with Gasteiger partial charge in [-0.1, -0.05) is 66.7 Å². The molecule has 3 aromatic rings. The van der Waals surface area contributed by atoms with E-state index in [9.17, 15) is 14.7 Å². The summed E-state index contributed by atoms with van der Waals surface area (Å²) in [6.07, 6.45) is 2.56. The number of hydrogen-bond donors (Lipinski definition) is 1. The quantitative estimate of drug-likeness (QED) is 0.440. The second-order valence-corrected chi connectivity index (χ2v) is 8.62. The van der Waals surface area contributed by atoms with E-state index in [4.69, 9.17) is 4.74 Å². The van der Waals surface area contributed by atoms with Crippen molar-refractivity contribution in [3.8, 4) is 5.75 Å². The van der Waals surface area contributed by atoms with Gasteiger partial charge in [-0.05, 0) is 30.3 Å². The molecule has 2 amide bonds. The molecule has 0 radical (unpaired) electrons. The maximum atomic E-state index is 13.8. The number of aliphatic hydroxyl groups excluding tert-OH is 1. The Morgan fingerprint density at radius 3 is 2.17 bits per heavy atom. The Labute approximate surface area is 204 Å². The summed E-state index contributed by atoms with van der Waals surface area (Å²) in [6.45, 7) is 0. The van der Waals surface area contributed by atoms with Gasteiger partial charge in [0.05, 0.1) is 30.4 Å². The molecule has 7 heteroatoms. The Kier molecular flexibility index (Phi) is 6.11. The molecule has 0 bridgehead atoms. The number of carbonyl (C=O) groups excluding carboxylic acids is 2. The molecule has 178 valence electrons. The van der Waals surface area contributed by atoms with Gasteiger partial charge >= 0.3 is 0 Å². The van der Waals surface area contributed by atoms with Crippen LogP contribution in [0.3, 0.4) is 0 Å². The first kappa shape index (κ1) is 22.8. The van der Waals surface area contributed by atoms with Crippen molar-refractivity contribution < 1.29 is 19.4 Å². The van der Waals surface area contributed by atoms with Gasteiger partial charge < -0.3 is 14.9 Å². The Hall–Kier alpha value is -3.94. The molecule has 0 aromatic heterocycles. The molecular weight excluding hydrogens is 442 g/mol. The highest BCUT2D eigenvalue weighted by atomic mass is 16.5. The fraction of sp³-hybridized carbons (Fsp3) is 0.214. The number of amides is 2.